The lowest BCUT2D eigenvalue weighted by Crippen LogP contribution is -2.03. The molecule has 1 fully saturated rings. The molecule has 1 aromatic rings. The van der Waals surface area contributed by atoms with Crippen LogP contribution in [0.2, 0.25) is 0 Å². The van der Waals surface area contributed by atoms with Crippen LogP contribution in [0.1, 0.15) is 18.4 Å². The Morgan fingerprint density at radius 2 is 1.47 bits per heavy atom. The normalized spacial score (nSPS) is 15.7. The molecule has 2 rings (SSSR count). The molecule has 15 heavy (non-hydrogen) atoms. The third-order valence-electron chi connectivity index (χ3n) is 1.93. The van der Waals surface area contributed by atoms with E-state index in [1.54, 1.807) is 6.07 Å². The highest BCUT2D eigenvalue weighted by Gasteiger charge is 2.29. The highest BCUT2D eigenvalue weighted by molar-refractivity contribution is 5.17. The standard InChI is InChI=1S/C7H5F3.C4H8O/c8-7(9,10)6-4-2-1-3-5-6;1-2-4-5-3-1/h1-5H;1-4H2. The summed E-state index contributed by atoms with van der Waals surface area (Å²) in [5.74, 6) is 0. The number of hydrogen-bond donors (Lipinski definition) is 0. The summed E-state index contributed by atoms with van der Waals surface area (Å²) in [4.78, 5) is 0. The molecule has 0 N–H and O–H groups in total. The minimum atomic E-state index is -4.21. The van der Waals surface area contributed by atoms with E-state index in [2.05, 4.69) is 0 Å². The smallest absolute Gasteiger partial charge is 0.381 e. The van der Waals surface area contributed by atoms with Crippen LogP contribution >= 0.6 is 0 Å². The number of benzene rings is 1. The minimum absolute atomic E-state index is 0.602. The summed E-state index contributed by atoms with van der Waals surface area (Å²) in [7, 11) is 0. The largest absolute Gasteiger partial charge is 0.416 e. The maximum Gasteiger partial charge on any atom is 0.416 e. The van der Waals surface area contributed by atoms with Crippen molar-refractivity contribution in [3.05, 3.63) is 35.9 Å². The second kappa shape index (κ2) is 5.75. The highest BCUT2D eigenvalue weighted by Crippen LogP contribution is 2.28. The molecule has 0 radical (unpaired) electrons. The van der Waals surface area contributed by atoms with Gasteiger partial charge in [-0.25, -0.2) is 0 Å². The van der Waals surface area contributed by atoms with Crippen LogP contribution in [0.4, 0.5) is 13.2 Å². The summed E-state index contributed by atoms with van der Waals surface area (Å²) in [6.45, 7) is 2.00. The van der Waals surface area contributed by atoms with E-state index in [0.29, 0.717) is 0 Å². The van der Waals surface area contributed by atoms with E-state index in [9.17, 15) is 13.2 Å². The summed E-state index contributed by atoms with van der Waals surface area (Å²) < 4.78 is 40.3. The molecule has 0 spiro atoms. The van der Waals surface area contributed by atoms with Crippen molar-refractivity contribution in [2.45, 2.75) is 19.0 Å². The van der Waals surface area contributed by atoms with Gasteiger partial charge in [-0.3, -0.25) is 0 Å². The Bertz CT molecular complexity index is 257. The van der Waals surface area contributed by atoms with Crippen molar-refractivity contribution in [2.24, 2.45) is 0 Å². The van der Waals surface area contributed by atoms with Crippen LogP contribution in [0.25, 0.3) is 0 Å². The van der Waals surface area contributed by atoms with Gasteiger partial charge >= 0.3 is 6.18 Å². The number of hydrogen-bond acceptors (Lipinski definition) is 1. The fourth-order valence-corrected chi connectivity index (χ4v) is 1.14. The van der Waals surface area contributed by atoms with Crippen LogP contribution in [-0.2, 0) is 10.9 Å². The lowest BCUT2D eigenvalue weighted by Gasteiger charge is -2.03. The van der Waals surface area contributed by atoms with Crippen LogP contribution in [0.3, 0.4) is 0 Å². The Balaban J connectivity index is 0.000000187. The van der Waals surface area contributed by atoms with Crippen LogP contribution in [0.15, 0.2) is 30.3 Å². The topological polar surface area (TPSA) is 9.23 Å². The summed E-state index contributed by atoms with van der Waals surface area (Å²) in [6, 6.07) is 6.36. The van der Waals surface area contributed by atoms with Gasteiger partial charge < -0.3 is 4.74 Å². The average molecular weight is 218 g/mol. The molecule has 0 aliphatic carbocycles. The third kappa shape index (κ3) is 4.83. The average Bonchev–Trinajstić information content (AvgIpc) is 2.76. The molecule has 1 aliphatic rings. The number of ether oxygens (including phenoxy) is 1. The molecule has 1 nitrogen and oxygen atoms in total. The zero-order valence-corrected chi connectivity index (χ0v) is 8.26. The van der Waals surface area contributed by atoms with Gasteiger partial charge in [0.2, 0.25) is 0 Å². The van der Waals surface area contributed by atoms with Gasteiger partial charge in [-0.05, 0) is 12.8 Å². The van der Waals surface area contributed by atoms with Gasteiger partial charge in [0.1, 0.15) is 0 Å². The van der Waals surface area contributed by atoms with Gasteiger partial charge in [-0.15, -0.1) is 0 Å². The summed E-state index contributed by atoms with van der Waals surface area (Å²) >= 11 is 0. The van der Waals surface area contributed by atoms with Crippen LogP contribution in [-0.4, -0.2) is 13.2 Å². The molecule has 1 saturated heterocycles. The summed E-state index contributed by atoms with van der Waals surface area (Å²) in [6.07, 6.45) is -1.65. The molecule has 0 atom stereocenters. The first-order valence-corrected chi connectivity index (χ1v) is 4.80. The predicted molar refractivity (Wildman–Crippen MR) is 51.5 cm³/mol. The molecule has 0 aromatic heterocycles. The Labute approximate surface area is 86.9 Å². The maximum absolute atomic E-state index is 11.8. The van der Waals surface area contributed by atoms with E-state index >= 15 is 0 Å². The predicted octanol–water partition coefficient (Wildman–Crippen LogP) is 3.50. The third-order valence-corrected chi connectivity index (χ3v) is 1.93. The molecular weight excluding hydrogens is 205 g/mol. The van der Waals surface area contributed by atoms with Crippen LogP contribution < -0.4 is 0 Å². The molecule has 1 aromatic carbocycles. The van der Waals surface area contributed by atoms with Crippen molar-refractivity contribution in [2.75, 3.05) is 13.2 Å². The number of alkyl halides is 3. The van der Waals surface area contributed by atoms with Gasteiger partial charge in [0.25, 0.3) is 0 Å². The summed E-state index contributed by atoms with van der Waals surface area (Å²) in [5, 5.41) is 0. The van der Waals surface area contributed by atoms with Crippen molar-refractivity contribution in [3.63, 3.8) is 0 Å². The lowest BCUT2D eigenvalue weighted by atomic mass is 10.2. The minimum Gasteiger partial charge on any atom is -0.381 e. The second-order valence-corrected chi connectivity index (χ2v) is 3.18. The van der Waals surface area contributed by atoms with Crippen LogP contribution in [0.5, 0.6) is 0 Å². The van der Waals surface area contributed by atoms with Crippen molar-refractivity contribution in [1.82, 2.24) is 0 Å². The lowest BCUT2D eigenvalue weighted by molar-refractivity contribution is -0.137. The van der Waals surface area contributed by atoms with E-state index in [1.807, 2.05) is 0 Å². The molecular formula is C11H13F3O. The first-order chi connectivity index (χ1) is 7.11. The van der Waals surface area contributed by atoms with E-state index in [4.69, 9.17) is 4.74 Å². The number of halogens is 3. The molecule has 4 heteroatoms. The van der Waals surface area contributed by atoms with Gasteiger partial charge in [0, 0.05) is 13.2 Å². The Kier molecular flexibility index (Phi) is 4.62. The van der Waals surface area contributed by atoms with E-state index in [1.165, 1.54) is 25.0 Å². The Morgan fingerprint density at radius 3 is 1.73 bits per heavy atom. The SMILES string of the molecule is C1CCOC1.FC(F)(F)c1ccccc1. The molecule has 0 saturated carbocycles. The first kappa shape index (κ1) is 12.0. The Morgan fingerprint density at radius 1 is 0.933 bits per heavy atom. The number of rotatable bonds is 0. The van der Waals surface area contributed by atoms with Crippen molar-refractivity contribution in [1.29, 1.82) is 0 Å². The fraction of sp³-hybridized carbons (Fsp3) is 0.455. The quantitative estimate of drug-likeness (QED) is 0.647. The van der Waals surface area contributed by atoms with Gasteiger partial charge in [0.05, 0.1) is 5.56 Å². The highest BCUT2D eigenvalue weighted by atomic mass is 19.4. The molecule has 1 aliphatic heterocycles. The monoisotopic (exact) mass is 218 g/mol. The van der Waals surface area contributed by atoms with Crippen LogP contribution in [0, 0.1) is 0 Å². The first-order valence-electron chi connectivity index (χ1n) is 4.80. The Hall–Kier alpha value is -1.03. The van der Waals surface area contributed by atoms with E-state index in [-0.39, 0.29) is 0 Å². The van der Waals surface area contributed by atoms with E-state index in [0.717, 1.165) is 25.3 Å². The zero-order valence-electron chi connectivity index (χ0n) is 8.26. The molecule has 0 bridgehead atoms. The van der Waals surface area contributed by atoms with Crippen molar-refractivity contribution in [3.8, 4) is 0 Å². The van der Waals surface area contributed by atoms with E-state index < -0.39 is 11.7 Å². The van der Waals surface area contributed by atoms with Crippen molar-refractivity contribution >= 4 is 0 Å². The molecule has 0 amide bonds. The summed E-state index contributed by atoms with van der Waals surface area (Å²) in [5.41, 5.74) is -0.602. The van der Waals surface area contributed by atoms with Gasteiger partial charge in [0.15, 0.2) is 0 Å². The molecule has 84 valence electrons. The van der Waals surface area contributed by atoms with Gasteiger partial charge in [-0.2, -0.15) is 13.2 Å². The fourth-order valence-electron chi connectivity index (χ4n) is 1.14. The maximum atomic E-state index is 11.8. The second-order valence-electron chi connectivity index (χ2n) is 3.18. The zero-order chi connectivity index (χ0) is 11.1. The van der Waals surface area contributed by atoms with Crippen molar-refractivity contribution < 1.29 is 17.9 Å². The molecule has 0 unspecified atom stereocenters. The van der Waals surface area contributed by atoms with Gasteiger partial charge in [-0.1, -0.05) is 30.3 Å². The molecule has 1 heterocycles.